The van der Waals surface area contributed by atoms with Gasteiger partial charge in [0.15, 0.2) is 0 Å². The molecule has 0 spiro atoms. The lowest BCUT2D eigenvalue weighted by Crippen LogP contribution is -2.64. The van der Waals surface area contributed by atoms with Crippen molar-refractivity contribution < 1.29 is 9.90 Å². The molecule has 4 rings (SSSR count). The van der Waals surface area contributed by atoms with Crippen LogP contribution in [0.3, 0.4) is 0 Å². The van der Waals surface area contributed by atoms with Crippen LogP contribution in [0.1, 0.15) is 54.2 Å². The van der Waals surface area contributed by atoms with Crippen LogP contribution in [0.4, 0.5) is 0 Å². The van der Waals surface area contributed by atoms with Crippen LogP contribution in [0.25, 0.3) is 0 Å². The molecule has 1 heterocycles. The highest BCUT2D eigenvalue weighted by Gasteiger charge is 2.57. The third kappa shape index (κ3) is 2.22. The fraction of sp³-hybridized carbons (Fsp3) is 0.435. The SMILES string of the molecule is Cc1cccc(C(=O)N2CCC3(C)c4cccc(O)c4C[C@@H]2C3(C)C)c1. The van der Waals surface area contributed by atoms with Crippen molar-refractivity contribution >= 4 is 5.91 Å². The zero-order valence-electron chi connectivity index (χ0n) is 16.0. The molecule has 0 saturated carbocycles. The lowest BCUT2D eigenvalue weighted by atomic mass is 9.51. The molecule has 3 heteroatoms. The third-order valence-electron chi connectivity index (χ3n) is 7.15. The number of aryl methyl sites for hydroxylation is 1. The second kappa shape index (κ2) is 5.60. The molecule has 1 fully saturated rings. The first-order chi connectivity index (χ1) is 12.3. The molecule has 2 bridgehead atoms. The molecule has 136 valence electrons. The summed E-state index contributed by atoms with van der Waals surface area (Å²) in [5.74, 6) is 0.465. The largest absolute Gasteiger partial charge is 0.508 e. The first kappa shape index (κ1) is 17.1. The number of benzene rings is 2. The van der Waals surface area contributed by atoms with Crippen LogP contribution in [0, 0.1) is 12.3 Å². The average Bonchev–Trinajstić information content (AvgIpc) is 2.58. The van der Waals surface area contributed by atoms with Crippen LogP contribution in [0.15, 0.2) is 42.5 Å². The topological polar surface area (TPSA) is 40.5 Å². The molecule has 2 aromatic carbocycles. The van der Waals surface area contributed by atoms with Gasteiger partial charge in [0.25, 0.3) is 5.91 Å². The highest BCUT2D eigenvalue weighted by Crippen LogP contribution is 2.57. The first-order valence-electron chi connectivity index (χ1n) is 9.45. The Hall–Kier alpha value is -2.29. The predicted molar refractivity (Wildman–Crippen MR) is 104 cm³/mol. The van der Waals surface area contributed by atoms with Gasteiger partial charge < -0.3 is 10.0 Å². The van der Waals surface area contributed by atoms with Gasteiger partial charge in [-0.25, -0.2) is 0 Å². The van der Waals surface area contributed by atoms with Gasteiger partial charge in [-0.2, -0.15) is 0 Å². The number of piperidine rings is 1. The number of carbonyl (C=O) groups excluding carboxylic acids is 1. The quantitative estimate of drug-likeness (QED) is 0.826. The Labute approximate surface area is 155 Å². The van der Waals surface area contributed by atoms with E-state index in [0.717, 1.165) is 29.7 Å². The van der Waals surface area contributed by atoms with Gasteiger partial charge in [-0.1, -0.05) is 50.6 Å². The van der Waals surface area contributed by atoms with Crippen molar-refractivity contribution in [3.05, 3.63) is 64.7 Å². The minimum Gasteiger partial charge on any atom is -0.508 e. The fourth-order valence-electron chi connectivity index (χ4n) is 5.11. The number of phenolic OH excluding ortho intramolecular Hbond substituents is 1. The molecular formula is C23H27NO2. The molecule has 1 amide bonds. The van der Waals surface area contributed by atoms with Crippen molar-refractivity contribution in [1.29, 1.82) is 0 Å². The summed E-state index contributed by atoms with van der Waals surface area (Å²) in [5, 5.41) is 10.5. The summed E-state index contributed by atoms with van der Waals surface area (Å²) >= 11 is 0. The molecule has 1 unspecified atom stereocenters. The molecular weight excluding hydrogens is 322 g/mol. The Kier molecular flexibility index (Phi) is 3.69. The molecule has 2 aromatic rings. The molecule has 2 aliphatic rings. The van der Waals surface area contributed by atoms with Gasteiger partial charge in [-0.15, -0.1) is 0 Å². The van der Waals surface area contributed by atoms with Gasteiger partial charge in [0.05, 0.1) is 0 Å². The summed E-state index contributed by atoms with van der Waals surface area (Å²) in [6.45, 7) is 9.63. The molecule has 0 aromatic heterocycles. The highest BCUT2D eigenvalue weighted by molar-refractivity contribution is 5.95. The molecule has 0 radical (unpaired) electrons. The van der Waals surface area contributed by atoms with E-state index in [1.807, 2.05) is 42.2 Å². The second-order valence-corrected chi connectivity index (χ2v) is 8.69. The predicted octanol–water partition coefficient (Wildman–Crippen LogP) is 4.46. The van der Waals surface area contributed by atoms with Gasteiger partial charge in [0.2, 0.25) is 0 Å². The fourth-order valence-corrected chi connectivity index (χ4v) is 5.11. The number of phenols is 1. The van der Waals surface area contributed by atoms with Gasteiger partial charge in [-0.3, -0.25) is 4.79 Å². The van der Waals surface area contributed by atoms with Crippen molar-refractivity contribution in [3.8, 4) is 5.75 Å². The smallest absolute Gasteiger partial charge is 0.254 e. The normalized spacial score (nSPS) is 26.3. The highest BCUT2D eigenvalue weighted by atomic mass is 16.3. The first-order valence-corrected chi connectivity index (χ1v) is 9.45. The van der Waals surface area contributed by atoms with Gasteiger partial charge in [0, 0.05) is 23.6 Å². The van der Waals surface area contributed by atoms with E-state index in [4.69, 9.17) is 0 Å². The number of carbonyl (C=O) groups is 1. The average molecular weight is 349 g/mol. The zero-order chi connectivity index (χ0) is 18.7. The summed E-state index contributed by atoms with van der Waals surface area (Å²) in [6.07, 6.45) is 1.62. The number of aromatic hydroxyl groups is 1. The molecule has 26 heavy (non-hydrogen) atoms. The van der Waals surface area contributed by atoms with Crippen molar-refractivity contribution in [2.45, 2.75) is 52.0 Å². The summed E-state index contributed by atoms with van der Waals surface area (Å²) in [6, 6.07) is 13.8. The summed E-state index contributed by atoms with van der Waals surface area (Å²) in [7, 11) is 0. The van der Waals surface area contributed by atoms with E-state index in [9.17, 15) is 9.90 Å². The summed E-state index contributed by atoms with van der Waals surface area (Å²) in [4.78, 5) is 15.4. The van der Waals surface area contributed by atoms with Crippen LogP contribution in [-0.4, -0.2) is 28.5 Å². The number of nitrogens with zero attached hydrogens (tertiary/aromatic N) is 1. The summed E-state index contributed by atoms with van der Waals surface area (Å²) in [5.41, 5.74) is 4.01. The number of hydrogen-bond acceptors (Lipinski definition) is 2. The number of rotatable bonds is 1. The van der Waals surface area contributed by atoms with Gasteiger partial charge >= 0.3 is 0 Å². The maximum absolute atomic E-state index is 13.3. The molecule has 1 N–H and O–H groups in total. The molecule has 1 aliphatic heterocycles. The molecule has 1 aliphatic carbocycles. The third-order valence-corrected chi connectivity index (χ3v) is 7.15. The van der Waals surface area contributed by atoms with Crippen LogP contribution >= 0.6 is 0 Å². The molecule has 2 atom stereocenters. The van der Waals surface area contributed by atoms with E-state index in [0.29, 0.717) is 12.2 Å². The van der Waals surface area contributed by atoms with Crippen molar-refractivity contribution in [2.24, 2.45) is 5.41 Å². The zero-order valence-corrected chi connectivity index (χ0v) is 16.0. The van der Waals surface area contributed by atoms with Crippen LogP contribution in [-0.2, 0) is 11.8 Å². The minimum atomic E-state index is -0.0640. The van der Waals surface area contributed by atoms with Crippen LogP contribution in [0.2, 0.25) is 0 Å². The van der Waals surface area contributed by atoms with Crippen molar-refractivity contribution in [2.75, 3.05) is 6.54 Å². The van der Waals surface area contributed by atoms with E-state index in [1.165, 1.54) is 5.56 Å². The Bertz CT molecular complexity index is 886. The standard InChI is InChI=1S/C23H27NO2/c1-15-7-5-8-16(13-15)21(26)24-12-11-23(4)18-9-6-10-19(25)17(18)14-20(24)22(23,2)3/h5-10,13,20,25H,11-12,14H2,1-4H3/t20-,23?/m1/s1. The number of fused-ring (bicyclic) bond motifs is 4. The summed E-state index contributed by atoms with van der Waals surface area (Å²) < 4.78 is 0. The maximum atomic E-state index is 13.3. The number of amides is 1. The van der Waals surface area contributed by atoms with Crippen LogP contribution < -0.4 is 0 Å². The van der Waals surface area contributed by atoms with E-state index in [1.54, 1.807) is 6.07 Å². The van der Waals surface area contributed by atoms with E-state index in [-0.39, 0.29) is 22.8 Å². The Morgan fingerprint density at radius 3 is 2.62 bits per heavy atom. The van der Waals surface area contributed by atoms with Crippen molar-refractivity contribution in [3.63, 3.8) is 0 Å². The van der Waals surface area contributed by atoms with Crippen molar-refractivity contribution in [1.82, 2.24) is 4.90 Å². The molecule has 1 saturated heterocycles. The molecule has 3 nitrogen and oxygen atoms in total. The minimum absolute atomic E-state index is 0.0482. The monoisotopic (exact) mass is 349 g/mol. The number of hydrogen-bond donors (Lipinski definition) is 1. The van der Waals surface area contributed by atoms with E-state index in [2.05, 4.69) is 26.8 Å². The lowest BCUT2D eigenvalue weighted by Gasteiger charge is -2.60. The maximum Gasteiger partial charge on any atom is 0.254 e. The van der Waals surface area contributed by atoms with Gasteiger partial charge in [0.1, 0.15) is 5.75 Å². The number of likely N-dealkylation sites (tertiary alicyclic amines) is 1. The van der Waals surface area contributed by atoms with E-state index < -0.39 is 0 Å². The van der Waals surface area contributed by atoms with Crippen LogP contribution in [0.5, 0.6) is 5.75 Å². The Morgan fingerprint density at radius 2 is 1.88 bits per heavy atom. The second-order valence-electron chi connectivity index (χ2n) is 8.69. The van der Waals surface area contributed by atoms with E-state index >= 15 is 0 Å². The Balaban J connectivity index is 1.80. The van der Waals surface area contributed by atoms with Gasteiger partial charge in [-0.05, 0) is 54.5 Å². The Morgan fingerprint density at radius 1 is 1.15 bits per heavy atom. The lowest BCUT2D eigenvalue weighted by molar-refractivity contribution is -0.0266.